The summed E-state index contributed by atoms with van der Waals surface area (Å²) in [6.07, 6.45) is 0.929. The van der Waals surface area contributed by atoms with Crippen molar-refractivity contribution in [3.63, 3.8) is 0 Å². The van der Waals surface area contributed by atoms with Crippen LogP contribution in [0, 0.1) is 5.92 Å². The predicted octanol–water partition coefficient (Wildman–Crippen LogP) is 4.80. The van der Waals surface area contributed by atoms with E-state index < -0.39 is 10.0 Å². The SMILES string of the molecule is O=C(Nc1nnc(-c2ccc(Cl)cc2)s1)C1CCN(S(=O)(=O)Cc2cccc(Br)c2)CC1. The number of hydrogen-bond donors (Lipinski definition) is 1. The number of aromatic nitrogens is 2. The Balaban J connectivity index is 1.32. The molecule has 4 rings (SSSR count). The molecule has 2 heterocycles. The first-order chi connectivity index (χ1) is 15.3. The van der Waals surface area contributed by atoms with Crippen molar-refractivity contribution in [3.8, 4) is 10.6 Å². The average molecular weight is 556 g/mol. The molecule has 1 N–H and O–H groups in total. The number of carbonyl (C=O) groups excluding carboxylic acids is 1. The van der Waals surface area contributed by atoms with E-state index in [1.807, 2.05) is 24.3 Å². The van der Waals surface area contributed by atoms with E-state index in [0.29, 0.717) is 41.1 Å². The quantitative estimate of drug-likeness (QED) is 0.472. The molecule has 0 atom stereocenters. The van der Waals surface area contributed by atoms with Crippen molar-refractivity contribution in [3.05, 3.63) is 63.6 Å². The van der Waals surface area contributed by atoms with Gasteiger partial charge in [0.1, 0.15) is 5.01 Å². The number of nitrogens with one attached hydrogen (secondary N) is 1. The van der Waals surface area contributed by atoms with Crippen molar-refractivity contribution in [2.75, 3.05) is 18.4 Å². The summed E-state index contributed by atoms with van der Waals surface area (Å²) in [6.45, 7) is 0.640. The highest BCUT2D eigenvalue weighted by Gasteiger charge is 2.31. The molecule has 3 aromatic rings. The molecule has 0 saturated carbocycles. The molecule has 1 saturated heterocycles. The van der Waals surface area contributed by atoms with Crippen LogP contribution in [0.2, 0.25) is 5.02 Å². The Kier molecular flexibility index (Phi) is 7.26. The van der Waals surface area contributed by atoms with Gasteiger partial charge in [-0.1, -0.05) is 63.1 Å². The van der Waals surface area contributed by atoms with Gasteiger partial charge in [-0.2, -0.15) is 0 Å². The molecule has 0 bridgehead atoms. The monoisotopic (exact) mass is 554 g/mol. The van der Waals surface area contributed by atoms with Gasteiger partial charge in [0.2, 0.25) is 21.1 Å². The lowest BCUT2D eigenvalue weighted by Crippen LogP contribution is -2.41. The second kappa shape index (κ2) is 9.96. The zero-order valence-corrected chi connectivity index (χ0v) is 20.8. The molecule has 1 aromatic heterocycles. The largest absolute Gasteiger partial charge is 0.300 e. The van der Waals surface area contributed by atoms with Gasteiger partial charge in [0.25, 0.3) is 0 Å². The van der Waals surface area contributed by atoms with Gasteiger partial charge in [-0.15, -0.1) is 10.2 Å². The zero-order valence-electron chi connectivity index (χ0n) is 16.9. The molecule has 0 spiro atoms. The number of amides is 1. The van der Waals surface area contributed by atoms with Crippen LogP contribution in [0.15, 0.2) is 53.0 Å². The molecule has 0 unspecified atom stereocenters. The van der Waals surface area contributed by atoms with Gasteiger partial charge in [-0.25, -0.2) is 12.7 Å². The normalized spacial score (nSPS) is 15.6. The number of hydrogen-bond acceptors (Lipinski definition) is 6. The highest BCUT2D eigenvalue weighted by Crippen LogP contribution is 2.29. The number of sulfonamides is 1. The van der Waals surface area contributed by atoms with Gasteiger partial charge in [-0.05, 0) is 42.7 Å². The lowest BCUT2D eigenvalue weighted by molar-refractivity contribution is -0.120. The summed E-state index contributed by atoms with van der Waals surface area (Å²) in [5.74, 6) is -0.482. The Morgan fingerprint density at radius 3 is 2.56 bits per heavy atom. The van der Waals surface area contributed by atoms with E-state index in [0.717, 1.165) is 15.6 Å². The van der Waals surface area contributed by atoms with Gasteiger partial charge in [0.15, 0.2) is 0 Å². The van der Waals surface area contributed by atoms with Crippen molar-refractivity contribution in [1.29, 1.82) is 0 Å². The first-order valence-corrected chi connectivity index (χ1v) is 13.5. The summed E-state index contributed by atoms with van der Waals surface area (Å²) < 4.78 is 27.9. The fourth-order valence-corrected chi connectivity index (χ4v) is 6.39. The lowest BCUT2D eigenvalue weighted by Gasteiger charge is -2.30. The van der Waals surface area contributed by atoms with Crippen molar-refractivity contribution >= 4 is 59.9 Å². The van der Waals surface area contributed by atoms with Crippen molar-refractivity contribution < 1.29 is 13.2 Å². The second-order valence-electron chi connectivity index (χ2n) is 7.47. The van der Waals surface area contributed by atoms with Crippen molar-refractivity contribution in [2.45, 2.75) is 18.6 Å². The summed E-state index contributed by atoms with van der Waals surface area (Å²) in [4.78, 5) is 12.7. The summed E-state index contributed by atoms with van der Waals surface area (Å²) in [5, 5.41) is 12.7. The third-order valence-electron chi connectivity index (χ3n) is 5.20. The number of benzene rings is 2. The van der Waals surface area contributed by atoms with Crippen LogP contribution in [-0.4, -0.2) is 41.9 Å². The molecule has 0 aliphatic carbocycles. The number of nitrogens with zero attached hydrogens (tertiary/aromatic N) is 3. The third kappa shape index (κ3) is 5.74. The smallest absolute Gasteiger partial charge is 0.229 e. The summed E-state index contributed by atoms with van der Waals surface area (Å²) >= 11 is 10.6. The van der Waals surface area contributed by atoms with Gasteiger partial charge in [0.05, 0.1) is 5.75 Å². The van der Waals surface area contributed by atoms with Crippen LogP contribution in [0.3, 0.4) is 0 Å². The van der Waals surface area contributed by atoms with Gasteiger partial charge in [-0.3, -0.25) is 4.79 Å². The fourth-order valence-electron chi connectivity index (χ4n) is 3.52. The highest BCUT2D eigenvalue weighted by atomic mass is 79.9. The zero-order chi connectivity index (χ0) is 22.7. The van der Waals surface area contributed by atoms with Crippen LogP contribution >= 0.6 is 38.9 Å². The standard InChI is InChI=1S/C21H20BrClN4O3S2/c22-17-3-1-2-14(12-17)13-32(29,30)27-10-8-15(9-11-27)19(28)24-21-26-25-20(31-21)16-4-6-18(23)7-5-16/h1-7,12,15H,8-11,13H2,(H,24,26,28). The van der Waals surface area contributed by atoms with E-state index in [2.05, 4.69) is 31.4 Å². The Labute approximate surface area is 204 Å². The molecular formula is C21H20BrClN4O3S2. The maximum atomic E-state index is 12.8. The third-order valence-corrected chi connectivity index (χ3v) is 8.69. The van der Waals surface area contributed by atoms with Gasteiger partial charge >= 0.3 is 0 Å². The lowest BCUT2D eigenvalue weighted by atomic mass is 9.97. The minimum absolute atomic E-state index is 0.0540. The highest BCUT2D eigenvalue weighted by molar-refractivity contribution is 9.10. The summed E-state index contributed by atoms with van der Waals surface area (Å²) in [5.41, 5.74) is 1.60. The Bertz CT molecular complexity index is 1210. The minimum Gasteiger partial charge on any atom is -0.300 e. The van der Waals surface area contributed by atoms with Crippen LogP contribution in [0.4, 0.5) is 5.13 Å². The van der Waals surface area contributed by atoms with Gasteiger partial charge in [0, 0.05) is 34.1 Å². The van der Waals surface area contributed by atoms with Crippen LogP contribution in [0.1, 0.15) is 18.4 Å². The molecular weight excluding hydrogens is 536 g/mol. The van der Waals surface area contributed by atoms with Crippen LogP contribution in [0.5, 0.6) is 0 Å². The molecule has 11 heteroatoms. The van der Waals surface area contributed by atoms with E-state index in [-0.39, 0.29) is 17.6 Å². The number of anilines is 1. The van der Waals surface area contributed by atoms with E-state index in [1.165, 1.54) is 15.6 Å². The van der Waals surface area contributed by atoms with E-state index in [9.17, 15) is 13.2 Å². The Morgan fingerprint density at radius 2 is 1.88 bits per heavy atom. The molecule has 1 aliphatic rings. The van der Waals surface area contributed by atoms with Crippen molar-refractivity contribution in [2.24, 2.45) is 5.92 Å². The summed E-state index contributed by atoms with van der Waals surface area (Å²) in [6, 6.07) is 14.5. The predicted molar refractivity (Wildman–Crippen MR) is 130 cm³/mol. The molecule has 168 valence electrons. The molecule has 7 nitrogen and oxygen atoms in total. The molecule has 1 amide bonds. The molecule has 1 aliphatic heterocycles. The number of halogens is 2. The minimum atomic E-state index is -3.44. The number of carbonyl (C=O) groups is 1. The van der Waals surface area contributed by atoms with Gasteiger partial charge < -0.3 is 5.32 Å². The molecule has 2 aromatic carbocycles. The van der Waals surface area contributed by atoms with E-state index in [1.54, 1.807) is 24.3 Å². The van der Waals surface area contributed by atoms with Crippen LogP contribution < -0.4 is 5.32 Å². The van der Waals surface area contributed by atoms with E-state index >= 15 is 0 Å². The van der Waals surface area contributed by atoms with Crippen LogP contribution in [0.25, 0.3) is 10.6 Å². The average Bonchev–Trinajstić information content (AvgIpc) is 3.22. The summed E-state index contributed by atoms with van der Waals surface area (Å²) in [7, 11) is -3.44. The van der Waals surface area contributed by atoms with Crippen molar-refractivity contribution in [1.82, 2.24) is 14.5 Å². The number of piperidine rings is 1. The molecule has 1 fully saturated rings. The first kappa shape index (κ1) is 23.3. The Morgan fingerprint density at radius 1 is 1.16 bits per heavy atom. The number of rotatable bonds is 6. The topological polar surface area (TPSA) is 92.3 Å². The molecule has 0 radical (unpaired) electrons. The fraction of sp³-hybridized carbons (Fsp3) is 0.286. The maximum Gasteiger partial charge on any atom is 0.229 e. The Hall–Kier alpha value is -1.85. The van der Waals surface area contributed by atoms with Crippen LogP contribution in [-0.2, 0) is 20.6 Å². The second-order valence-corrected chi connectivity index (χ2v) is 11.8. The molecule has 32 heavy (non-hydrogen) atoms. The maximum absolute atomic E-state index is 12.8. The first-order valence-electron chi connectivity index (χ1n) is 9.93. The van der Waals surface area contributed by atoms with E-state index in [4.69, 9.17) is 11.6 Å².